The number of rotatable bonds is 3. The predicted molar refractivity (Wildman–Crippen MR) is 90.8 cm³/mol. The molecule has 0 fully saturated rings. The minimum atomic E-state index is -0.323. The van der Waals surface area contributed by atoms with Gasteiger partial charge in [0, 0.05) is 22.5 Å². The molecule has 1 aromatic heterocycles. The smallest absolute Gasteiger partial charge is 0.504 e. The van der Waals surface area contributed by atoms with Crippen molar-refractivity contribution >= 4 is 29.5 Å². The first-order valence-electron chi connectivity index (χ1n) is 7.21. The highest BCUT2D eigenvalue weighted by Crippen LogP contribution is 2.32. The van der Waals surface area contributed by atoms with E-state index >= 15 is 0 Å². The van der Waals surface area contributed by atoms with Gasteiger partial charge in [-0.1, -0.05) is 42.5 Å². The molecule has 0 aliphatic heterocycles. The highest BCUT2D eigenvalue weighted by Gasteiger charge is 2.11. The number of hydrogen-bond donors (Lipinski definition) is 1. The maximum absolute atomic E-state index is 8.96. The van der Waals surface area contributed by atoms with Crippen molar-refractivity contribution in [1.29, 1.82) is 0 Å². The summed E-state index contributed by atoms with van der Waals surface area (Å²) in [5, 5.41) is 11.4. The number of aromatic nitrogens is 1. The van der Waals surface area contributed by atoms with Crippen LogP contribution in [0, 0.1) is 0 Å². The van der Waals surface area contributed by atoms with Crippen LogP contribution in [0.15, 0.2) is 72.8 Å². The first-order chi connectivity index (χ1) is 10.9. The van der Waals surface area contributed by atoms with E-state index in [0.717, 1.165) is 16.7 Å². The molecule has 0 aliphatic carbocycles. The molecule has 0 radical (unpaired) electrons. The zero-order chi connectivity index (χ0) is 14.9. The van der Waals surface area contributed by atoms with Gasteiger partial charge in [-0.2, -0.15) is 0 Å². The molecule has 106 valence electrons. The molecule has 1 N–H and O–H groups in total. The van der Waals surface area contributed by atoms with Crippen LogP contribution < -0.4 is 4.65 Å². The quantitative estimate of drug-likeness (QED) is 0.586. The van der Waals surface area contributed by atoms with Crippen molar-refractivity contribution in [2.75, 3.05) is 0 Å². The van der Waals surface area contributed by atoms with E-state index < -0.39 is 0 Å². The molecule has 22 heavy (non-hydrogen) atoms. The van der Waals surface area contributed by atoms with Crippen LogP contribution in [0.4, 0.5) is 0 Å². The number of fused-ring (bicyclic) bond motifs is 3. The molecule has 0 unspecified atom stereocenters. The molecule has 4 heteroatoms. The second kappa shape index (κ2) is 5.24. The summed E-state index contributed by atoms with van der Waals surface area (Å²) in [7, 11) is -0.323. The molecule has 3 aromatic carbocycles. The van der Waals surface area contributed by atoms with Gasteiger partial charge in [0.15, 0.2) is 0 Å². The van der Waals surface area contributed by atoms with E-state index in [1.807, 2.05) is 36.4 Å². The van der Waals surface area contributed by atoms with E-state index in [-0.39, 0.29) is 7.69 Å². The van der Waals surface area contributed by atoms with Crippen LogP contribution in [-0.4, -0.2) is 17.3 Å². The Bertz CT molecular complexity index is 908. The van der Waals surface area contributed by atoms with Crippen LogP contribution in [-0.2, 0) is 0 Å². The molecule has 0 spiro atoms. The van der Waals surface area contributed by atoms with E-state index in [0.29, 0.717) is 5.75 Å². The Hall–Kier alpha value is -2.72. The van der Waals surface area contributed by atoms with E-state index in [1.165, 1.54) is 10.8 Å². The van der Waals surface area contributed by atoms with Crippen molar-refractivity contribution in [3.05, 3.63) is 72.8 Å². The van der Waals surface area contributed by atoms with Gasteiger partial charge in [-0.3, -0.25) is 0 Å². The summed E-state index contributed by atoms with van der Waals surface area (Å²) in [6.45, 7) is 0. The Labute approximate surface area is 128 Å². The normalized spacial score (nSPS) is 11.0. The topological polar surface area (TPSA) is 34.4 Å². The maximum Gasteiger partial charge on any atom is 0.504 e. The first-order valence-corrected chi connectivity index (χ1v) is 7.21. The van der Waals surface area contributed by atoms with Gasteiger partial charge in [0.05, 0.1) is 11.0 Å². The molecule has 3 nitrogen and oxygen atoms in total. The fourth-order valence-corrected chi connectivity index (χ4v) is 2.99. The van der Waals surface area contributed by atoms with E-state index in [4.69, 9.17) is 9.68 Å². The van der Waals surface area contributed by atoms with Crippen molar-refractivity contribution in [2.45, 2.75) is 0 Å². The first kappa shape index (κ1) is 13.0. The van der Waals surface area contributed by atoms with Crippen molar-refractivity contribution < 1.29 is 9.68 Å². The van der Waals surface area contributed by atoms with Gasteiger partial charge >= 0.3 is 7.69 Å². The van der Waals surface area contributed by atoms with Gasteiger partial charge in [0.25, 0.3) is 0 Å². The SMILES string of the molecule is OBOc1cccc(-n2c3ccccc3c3ccccc32)c1. The third-order valence-corrected chi connectivity index (χ3v) is 3.89. The summed E-state index contributed by atoms with van der Waals surface area (Å²) in [6, 6.07) is 24.5. The van der Waals surface area contributed by atoms with Crippen LogP contribution in [0.5, 0.6) is 5.75 Å². The summed E-state index contributed by atoms with van der Waals surface area (Å²) in [6.07, 6.45) is 0. The average Bonchev–Trinajstić information content (AvgIpc) is 2.90. The van der Waals surface area contributed by atoms with Gasteiger partial charge in [-0.05, 0) is 24.3 Å². The Morgan fingerprint density at radius 2 is 1.41 bits per heavy atom. The highest BCUT2D eigenvalue weighted by atomic mass is 16.5. The number of benzene rings is 3. The number of hydrogen-bond acceptors (Lipinski definition) is 2. The lowest BCUT2D eigenvalue weighted by molar-refractivity contribution is 0.454. The summed E-state index contributed by atoms with van der Waals surface area (Å²) < 4.78 is 7.43. The lowest BCUT2D eigenvalue weighted by Crippen LogP contribution is -2.01. The van der Waals surface area contributed by atoms with Gasteiger partial charge in [0.2, 0.25) is 0 Å². The zero-order valence-corrected chi connectivity index (χ0v) is 11.9. The Morgan fingerprint density at radius 3 is 2.05 bits per heavy atom. The Balaban J connectivity index is 2.06. The minimum Gasteiger partial charge on any atom is -0.539 e. The zero-order valence-electron chi connectivity index (χ0n) is 11.9. The monoisotopic (exact) mass is 287 g/mol. The molecular weight excluding hydrogens is 273 g/mol. The fourth-order valence-electron chi connectivity index (χ4n) is 2.99. The van der Waals surface area contributed by atoms with E-state index in [9.17, 15) is 0 Å². The second-order valence-corrected chi connectivity index (χ2v) is 5.14. The molecule has 4 rings (SSSR count). The molecular formula is C18H14BNO2. The largest absolute Gasteiger partial charge is 0.539 e. The molecule has 4 aromatic rings. The van der Waals surface area contributed by atoms with E-state index in [1.54, 1.807) is 0 Å². The van der Waals surface area contributed by atoms with Crippen LogP contribution in [0.3, 0.4) is 0 Å². The maximum atomic E-state index is 8.96. The summed E-state index contributed by atoms with van der Waals surface area (Å²) in [5.41, 5.74) is 3.33. The van der Waals surface area contributed by atoms with Gasteiger partial charge in [0.1, 0.15) is 5.75 Å². The van der Waals surface area contributed by atoms with E-state index in [2.05, 4.69) is 41.0 Å². The van der Waals surface area contributed by atoms with Crippen molar-refractivity contribution in [3.63, 3.8) is 0 Å². The third-order valence-electron chi connectivity index (χ3n) is 3.89. The summed E-state index contributed by atoms with van der Waals surface area (Å²) in [4.78, 5) is 0. The predicted octanol–water partition coefficient (Wildman–Crippen LogP) is 3.42. The van der Waals surface area contributed by atoms with Crippen molar-refractivity contribution in [2.24, 2.45) is 0 Å². The lowest BCUT2D eigenvalue weighted by Gasteiger charge is -2.10. The number of para-hydroxylation sites is 2. The average molecular weight is 287 g/mol. The minimum absolute atomic E-state index is 0.323. The van der Waals surface area contributed by atoms with Crippen LogP contribution >= 0.6 is 0 Å². The summed E-state index contributed by atoms with van der Waals surface area (Å²) >= 11 is 0. The third kappa shape index (κ3) is 1.97. The second-order valence-electron chi connectivity index (χ2n) is 5.14. The standard InChI is InChI=1S/C18H14BNO2/c21-19-22-14-7-5-6-13(12-14)20-17-10-3-1-8-15(17)16-9-2-4-11-18(16)20/h1-12,19,21H. The van der Waals surface area contributed by atoms with Crippen LogP contribution in [0.25, 0.3) is 27.5 Å². The fraction of sp³-hybridized carbons (Fsp3) is 0. The summed E-state index contributed by atoms with van der Waals surface area (Å²) in [5.74, 6) is 0.655. The lowest BCUT2D eigenvalue weighted by atomic mass is 10.2. The number of nitrogens with zero attached hydrogens (tertiary/aromatic N) is 1. The molecule has 0 bridgehead atoms. The van der Waals surface area contributed by atoms with Gasteiger partial charge in [-0.15, -0.1) is 0 Å². The van der Waals surface area contributed by atoms with Gasteiger partial charge < -0.3 is 14.2 Å². The molecule has 1 heterocycles. The molecule has 0 saturated heterocycles. The van der Waals surface area contributed by atoms with Crippen LogP contribution in [0.1, 0.15) is 0 Å². The van der Waals surface area contributed by atoms with Crippen molar-refractivity contribution in [3.8, 4) is 11.4 Å². The van der Waals surface area contributed by atoms with Crippen molar-refractivity contribution in [1.82, 2.24) is 4.57 Å². The Kier molecular flexibility index (Phi) is 3.09. The van der Waals surface area contributed by atoms with Crippen LogP contribution in [0.2, 0.25) is 0 Å². The Morgan fingerprint density at radius 1 is 0.773 bits per heavy atom. The molecule has 0 amide bonds. The molecule has 0 aliphatic rings. The molecule has 0 atom stereocenters. The van der Waals surface area contributed by atoms with Gasteiger partial charge in [-0.25, -0.2) is 0 Å². The molecule has 0 saturated carbocycles. The highest BCUT2D eigenvalue weighted by molar-refractivity contribution is 6.17.